The second kappa shape index (κ2) is 6.61. The second-order valence-corrected chi connectivity index (χ2v) is 6.63. The third kappa shape index (κ3) is 2.85. The van der Waals surface area contributed by atoms with Crippen molar-refractivity contribution in [1.29, 1.82) is 0 Å². The molecule has 2 N–H and O–H groups in total. The summed E-state index contributed by atoms with van der Waals surface area (Å²) in [5.74, 6) is 0.235. The maximum Gasteiger partial charge on any atom is 0.343 e. The van der Waals surface area contributed by atoms with Crippen LogP contribution in [0.2, 0.25) is 5.02 Å². The molecule has 0 spiro atoms. The predicted octanol–water partition coefficient (Wildman–Crippen LogP) is 2.64. The minimum atomic E-state index is -0.590. The molecule has 0 aliphatic carbocycles. The number of hydrogen-bond acceptors (Lipinski definition) is 7. The van der Waals surface area contributed by atoms with Gasteiger partial charge in [0.1, 0.15) is 11.4 Å². The van der Waals surface area contributed by atoms with Crippen LogP contribution in [-0.2, 0) is 4.74 Å². The van der Waals surface area contributed by atoms with Crippen molar-refractivity contribution in [3.63, 3.8) is 0 Å². The van der Waals surface area contributed by atoms with Crippen LogP contribution >= 0.6 is 11.6 Å². The van der Waals surface area contributed by atoms with Gasteiger partial charge in [0, 0.05) is 10.7 Å². The molecule has 3 heterocycles. The summed E-state index contributed by atoms with van der Waals surface area (Å²) in [6.07, 6.45) is 1.33. The zero-order valence-electron chi connectivity index (χ0n) is 15.3. The number of esters is 1. The number of nitrogens with two attached hydrogens (primary N) is 1. The Morgan fingerprint density at radius 2 is 1.82 bits per heavy atom. The van der Waals surface area contributed by atoms with Crippen molar-refractivity contribution in [3.8, 4) is 11.6 Å². The number of ether oxygens (including phenoxy) is 1. The van der Waals surface area contributed by atoms with E-state index in [-0.39, 0.29) is 11.4 Å². The summed E-state index contributed by atoms with van der Waals surface area (Å²) in [4.78, 5) is 21.3. The lowest BCUT2D eigenvalue weighted by Gasteiger charge is -2.12. The van der Waals surface area contributed by atoms with Gasteiger partial charge in [0.05, 0.1) is 30.0 Å². The number of benzene rings is 1. The number of fused-ring (bicyclic) bond motifs is 1. The van der Waals surface area contributed by atoms with Crippen LogP contribution in [0.1, 0.15) is 21.7 Å². The first-order valence-electron chi connectivity index (χ1n) is 8.32. The molecule has 0 radical (unpaired) electrons. The molecule has 0 amide bonds. The van der Waals surface area contributed by atoms with Crippen molar-refractivity contribution < 1.29 is 9.53 Å². The molecule has 142 valence electrons. The Morgan fingerprint density at radius 3 is 2.50 bits per heavy atom. The molecular weight excluding hydrogens is 382 g/mol. The number of carbonyl (C=O) groups excluding carboxylic acids is 1. The number of methoxy groups -OCH3 is 1. The number of rotatable bonds is 3. The molecule has 0 atom stereocenters. The highest BCUT2D eigenvalue weighted by atomic mass is 35.5. The van der Waals surface area contributed by atoms with Crippen LogP contribution in [0.25, 0.3) is 22.7 Å². The zero-order valence-corrected chi connectivity index (χ0v) is 16.1. The first-order chi connectivity index (χ1) is 13.4. The van der Waals surface area contributed by atoms with E-state index in [2.05, 4.69) is 15.2 Å². The number of carbonyl (C=O) groups is 1. The van der Waals surface area contributed by atoms with Gasteiger partial charge in [-0.3, -0.25) is 0 Å². The fourth-order valence-corrected chi connectivity index (χ4v) is 3.10. The van der Waals surface area contributed by atoms with Gasteiger partial charge in [0.25, 0.3) is 0 Å². The highest BCUT2D eigenvalue weighted by Gasteiger charge is 2.22. The minimum Gasteiger partial charge on any atom is -0.465 e. The summed E-state index contributed by atoms with van der Waals surface area (Å²) in [6.45, 7) is 3.79. The van der Waals surface area contributed by atoms with Crippen LogP contribution in [0.4, 0.5) is 5.82 Å². The molecule has 10 heteroatoms. The lowest BCUT2D eigenvalue weighted by molar-refractivity contribution is 0.0602. The van der Waals surface area contributed by atoms with Crippen molar-refractivity contribution in [2.45, 2.75) is 13.8 Å². The molecule has 28 heavy (non-hydrogen) atoms. The van der Waals surface area contributed by atoms with Crippen molar-refractivity contribution in [2.75, 3.05) is 12.8 Å². The summed E-state index contributed by atoms with van der Waals surface area (Å²) in [6, 6.07) is 7.12. The fraction of sp³-hybridized carbons (Fsp3) is 0.167. The quantitative estimate of drug-likeness (QED) is 0.528. The highest BCUT2D eigenvalue weighted by Crippen LogP contribution is 2.25. The Hall–Kier alpha value is -3.46. The van der Waals surface area contributed by atoms with Crippen LogP contribution in [0.3, 0.4) is 0 Å². The maximum atomic E-state index is 11.9. The molecule has 0 saturated carbocycles. The monoisotopic (exact) mass is 397 g/mol. The SMILES string of the molecule is COC(=O)c1cnn(-c2nc3cc(Cl)ccc3nc2-n2nc(C)cc2C)c1N. The van der Waals surface area contributed by atoms with Gasteiger partial charge < -0.3 is 10.5 Å². The maximum absolute atomic E-state index is 11.9. The van der Waals surface area contributed by atoms with E-state index >= 15 is 0 Å². The van der Waals surface area contributed by atoms with E-state index in [0.717, 1.165) is 11.4 Å². The van der Waals surface area contributed by atoms with Crippen molar-refractivity contribution in [2.24, 2.45) is 0 Å². The summed E-state index contributed by atoms with van der Waals surface area (Å²) in [5, 5.41) is 9.24. The Kier molecular flexibility index (Phi) is 4.23. The summed E-state index contributed by atoms with van der Waals surface area (Å²) in [7, 11) is 1.28. The molecule has 9 nitrogen and oxygen atoms in total. The highest BCUT2D eigenvalue weighted by molar-refractivity contribution is 6.31. The average Bonchev–Trinajstić information content (AvgIpc) is 3.21. The molecule has 4 rings (SSSR count). The smallest absolute Gasteiger partial charge is 0.343 e. The van der Waals surface area contributed by atoms with Gasteiger partial charge in [-0.1, -0.05) is 11.6 Å². The van der Waals surface area contributed by atoms with Crippen molar-refractivity contribution >= 4 is 34.4 Å². The van der Waals surface area contributed by atoms with Gasteiger partial charge in [-0.2, -0.15) is 14.9 Å². The van der Waals surface area contributed by atoms with Crippen molar-refractivity contribution in [1.82, 2.24) is 29.5 Å². The number of hydrogen-bond donors (Lipinski definition) is 1. The third-order valence-electron chi connectivity index (χ3n) is 4.21. The van der Waals surface area contributed by atoms with E-state index in [0.29, 0.717) is 27.7 Å². The van der Waals surface area contributed by atoms with E-state index < -0.39 is 5.97 Å². The lowest BCUT2D eigenvalue weighted by Crippen LogP contribution is -2.14. The molecule has 0 aliphatic rings. The normalized spacial score (nSPS) is 11.1. The van der Waals surface area contributed by atoms with Crippen molar-refractivity contribution in [3.05, 3.63) is 52.4 Å². The topological polar surface area (TPSA) is 114 Å². The van der Waals surface area contributed by atoms with Crippen LogP contribution in [0, 0.1) is 13.8 Å². The number of halogens is 1. The molecule has 4 aromatic rings. The van der Waals surface area contributed by atoms with Crippen LogP contribution in [-0.4, -0.2) is 42.6 Å². The Labute approximate surface area is 164 Å². The lowest BCUT2D eigenvalue weighted by atomic mass is 10.3. The van der Waals surface area contributed by atoms with Gasteiger partial charge in [0.2, 0.25) is 5.82 Å². The Morgan fingerprint density at radius 1 is 1.11 bits per heavy atom. The molecule has 3 aromatic heterocycles. The number of nitrogen functional groups attached to an aromatic ring is 1. The summed E-state index contributed by atoms with van der Waals surface area (Å²) in [5.41, 5.74) is 9.16. The second-order valence-electron chi connectivity index (χ2n) is 6.19. The standard InChI is InChI=1S/C18H16ClN7O2/c1-9-6-10(2)25(24-9)16-17(23-14-7-11(19)4-5-13(14)22-16)26-15(20)12(8-21-26)18(27)28-3/h4-8H,20H2,1-3H3. The molecule has 1 aromatic carbocycles. The van der Waals surface area contributed by atoms with Gasteiger partial charge in [-0.05, 0) is 38.1 Å². The first-order valence-corrected chi connectivity index (χ1v) is 8.70. The third-order valence-corrected chi connectivity index (χ3v) is 4.45. The molecule has 0 bridgehead atoms. The van der Waals surface area contributed by atoms with Gasteiger partial charge in [-0.25, -0.2) is 19.4 Å². The van der Waals surface area contributed by atoms with Crippen LogP contribution < -0.4 is 5.73 Å². The number of anilines is 1. The van der Waals surface area contributed by atoms with E-state index in [1.165, 1.54) is 18.0 Å². The first kappa shape index (κ1) is 17.9. The largest absolute Gasteiger partial charge is 0.465 e. The fourth-order valence-electron chi connectivity index (χ4n) is 2.93. The molecule has 0 fully saturated rings. The van der Waals surface area contributed by atoms with Crippen LogP contribution in [0.5, 0.6) is 0 Å². The molecular formula is C18H16ClN7O2. The van der Waals surface area contributed by atoms with E-state index in [1.54, 1.807) is 22.9 Å². The van der Waals surface area contributed by atoms with Gasteiger partial charge in [0.15, 0.2) is 5.82 Å². The minimum absolute atomic E-state index is 0.0882. The zero-order chi connectivity index (χ0) is 20.0. The summed E-state index contributed by atoms with van der Waals surface area (Å²) < 4.78 is 7.74. The molecule has 0 unspecified atom stereocenters. The van der Waals surface area contributed by atoms with E-state index in [9.17, 15) is 4.79 Å². The molecule has 0 aliphatic heterocycles. The number of aromatic nitrogens is 6. The van der Waals surface area contributed by atoms with Gasteiger partial charge in [-0.15, -0.1) is 0 Å². The molecule has 0 saturated heterocycles. The Bertz CT molecular complexity index is 1230. The van der Waals surface area contributed by atoms with Gasteiger partial charge >= 0.3 is 5.97 Å². The van der Waals surface area contributed by atoms with E-state index in [4.69, 9.17) is 27.1 Å². The predicted molar refractivity (Wildman–Crippen MR) is 104 cm³/mol. The van der Waals surface area contributed by atoms with Crippen LogP contribution in [0.15, 0.2) is 30.5 Å². The number of nitrogens with zero attached hydrogens (tertiary/aromatic N) is 6. The van der Waals surface area contributed by atoms with E-state index in [1.807, 2.05) is 19.9 Å². The average molecular weight is 398 g/mol. The number of aryl methyl sites for hydroxylation is 2. The Balaban J connectivity index is 2.03. The summed E-state index contributed by atoms with van der Waals surface area (Å²) >= 11 is 6.10.